The fourth-order valence-corrected chi connectivity index (χ4v) is 4.17. The molecule has 0 N–H and O–H groups in total. The number of hydrogen-bond donors (Lipinski definition) is 0. The van der Waals surface area contributed by atoms with Gasteiger partial charge in [0.15, 0.2) is 0 Å². The highest BCUT2D eigenvalue weighted by molar-refractivity contribution is 5.90. The van der Waals surface area contributed by atoms with Crippen molar-refractivity contribution < 1.29 is 23.9 Å². The Morgan fingerprint density at radius 1 is 1.07 bits per heavy atom. The Labute approximate surface area is 157 Å². The lowest BCUT2D eigenvalue weighted by Gasteiger charge is -2.21. The van der Waals surface area contributed by atoms with E-state index in [0.717, 1.165) is 17.4 Å². The lowest BCUT2D eigenvalue weighted by molar-refractivity contribution is -0.142. The van der Waals surface area contributed by atoms with Crippen LogP contribution in [0.2, 0.25) is 0 Å². The van der Waals surface area contributed by atoms with Crippen molar-refractivity contribution in [3.8, 4) is 11.1 Å². The Morgan fingerprint density at radius 2 is 1.78 bits per heavy atom. The Balaban J connectivity index is 1.45. The van der Waals surface area contributed by atoms with E-state index in [1.165, 1.54) is 0 Å². The molecule has 5 nitrogen and oxygen atoms in total. The van der Waals surface area contributed by atoms with E-state index in [2.05, 4.69) is 0 Å². The normalized spacial score (nSPS) is 26.3. The Hall–Kier alpha value is -2.95. The van der Waals surface area contributed by atoms with Gasteiger partial charge in [-0.1, -0.05) is 42.5 Å². The van der Waals surface area contributed by atoms with Crippen molar-refractivity contribution >= 4 is 18.2 Å². The lowest BCUT2D eigenvalue weighted by Crippen LogP contribution is -2.26. The largest absolute Gasteiger partial charge is 0.462 e. The number of carbonyl (C=O) groups excluding carboxylic acids is 3. The smallest absolute Gasteiger partial charge is 0.338 e. The monoisotopic (exact) mass is 364 g/mol. The summed E-state index contributed by atoms with van der Waals surface area (Å²) < 4.78 is 11.0. The number of hydrogen-bond acceptors (Lipinski definition) is 5. The van der Waals surface area contributed by atoms with Crippen LogP contribution in [0.25, 0.3) is 11.1 Å². The summed E-state index contributed by atoms with van der Waals surface area (Å²) in [6.07, 6.45) is 1.19. The molecule has 1 aliphatic heterocycles. The van der Waals surface area contributed by atoms with Crippen LogP contribution in [0.4, 0.5) is 0 Å². The van der Waals surface area contributed by atoms with Crippen LogP contribution in [-0.4, -0.2) is 30.4 Å². The minimum Gasteiger partial charge on any atom is -0.462 e. The maximum atomic E-state index is 12.6. The van der Waals surface area contributed by atoms with E-state index >= 15 is 0 Å². The molecule has 4 atom stereocenters. The number of ether oxygens (including phenoxy) is 2. The molecule has 5 heteroatoms. The van der Waals surface area contributed by atoms with Crippen LogP contribution in [0.3, 0.4) is 0 Å². The van der Waals surface area contributed by atoms with Gasteiger partial charge in [0.2, 0.25) is 0 Å². The summed E-state index contributed by atoms with van der Waals surface area (Å²) in [5, 5.41) is 0. The van der Waals surface area contributed by atoms with Gasteiger partial charge in [-0.3, -0.25) is 4.79 Å². The van der Waals surface area contributed by atoms with Gasteiger partial charge in [0.25, 0.3) is 0 Å². The molecule has 0 unspecified atom stereocenters. The van der Waals surface area contributed by atoms with Crippen molar-refractivity contribution in [2.24, 2.45) is 11.8 Å². The first-order chi connectivity index (χ1) is 13.2. The zero-order chi connectivity index (χ0) is 18.8. The maximum absolute atomic E-state index is 12.6. The second-order valence-electron chi connectivity index (χ2n) is 7.09. The molecule has 4 rings (SSSR count). The fraction of sp³-hybridized carbons (Fsp3) is 0.318. The summed E-state index contributed by atoms with van der Waals surface area (Å²) >= 11 is 0. The first-order valence-corrected chi connectivity index (χ1v) is 9.15. The number of carbonyl (C=O) groups is 3. The second-order valence-corrected chi connectivity index (χ2v) is 7.09. The van der Waals surface area contributed by atoms with Crippen molar-refractivity contribution in [3.05, 3.63) is 60.2 Å². The van der Waals surface area contributed by atoms with Crippen molar-refractivity contribution in [1.82, 2.24) is 0 Å². The lowest BCUT2D eigenvalue weighted by atomic mass is 9.90. The fourth-order valence-electron chi connectivity index (χ4n) is 4.17. The van der Waals surface area contributed by atoms with Gasteiger partial charge in [-0.25, -0.2) is 4.79 Å². The van der Waals surface area contributed by atoms with Crippen LogP contribution in [0.1, 0.15) is 29.6 Å². The molecule has 0 spiro atoms. The quantitative estimate of drug-likeness (QED) is 0.601. The molecule has 0 radical (unpaired) electrons. The third-order valence-electron chi connectivity index (χ3n) is 5.51. The average molecular weight is 364 g/mol. The number of fused-ring (bicyclic) bond motifs is 1. The van der Waals surface area contributed by atoms with Crippen molar-refractivity contribution in [2.45, 2.75) is 31.5 Å². The molecule has 1 saturated carbocycles. The maximum Gasteiger partial charge on any atom is 0.338 e. The van der Waals surface area contributed by atoms with E-state index in [9.17, 15) is 14.4 Å². The SMILES string of the molecule is O=CC[C@@H]1[C@H]2CC(=O)O[C@H]2C[C@H]1OC(=O)c1ccc(-c2ccccc2)cc1. The zero-order valence-electron chi connectivity index (χ0n) is 14.7. The second kappa shape index (κ2) is 7.35. The van der Waals surface area contributed by atoms with Crippen LogP contribution in [0.15, 0.2) is 54.6 Å². The molecule has 0 bridgehead atoms. The molecule has 138 valence electrons. The number of rotatable bonds is 5. The third-order valence-corrected chi connectivity index (χ3v) is 5.51. The Kier molecular flexibility index (Phi) is 4.75. The first-order valence-electron chi connectivity index (χ1n) is 9.15. The van der Waals surface area contributed by atoms with Gasteiger partial charge in [-0.15, -0.1) is 0 Å². The summed E-state index contributed by atoms with van der Waals surface area (Å²) in [4.78, 5) is 35.1. The molecule has 1 saturated heterocycles. The van der Waals surface area contributed by atoms with Crippen LogP contribution < -0.4 is 0 Å². The van der Waals surface area contributed by atoms with Crippen LogP contribution in [-0.2, 0) is 19.1 Å². The predicted molar refractivity (Wildman–Crippen MR) is 97.9 cm³/mol. The van der Waals surface area contributed by atoms with Gasteiger partial charge >= 0.3 is 11.9 Å². The van der Waals surface area contributed by atoms with Crippen molar-refractivity contribution in [3.63, 3.8) is 0 Å². The highest BCUT2D eigenvalue weighted by Crippen LogP contribution is 2.44. The Morgan fingerprint density at radius 3 is 2.48 bits per heavy atom. The van der Waals surface area contributed by atoms with Crippen LogP contribution in [0, 0.1) is 11.8 Å². The Bertz CT molecular complexity index is 843. The van der Waals surface area contributed by atoms with E-state index in [4.69, 9.17) is 9.47 Å². The molecule has 0 aromatic heterocycles. The van der Waals surface area contributed by atoms with E-state index < -0.39 is 12.1 Å². The average Bonchev–Trinajstić information content (AvgIpc) is 3.19. The van der Waals surface area contributed by atoms with Gasteiger partial charge in [0, 0.05) is 24.7 Å². The van der Waals surface area contributed by atoms with E-state index in [0.29, 0.717) is 18.4 Å². The molecule has 2 aromatic rings. The summed E-state index contributed by atoms with van der Waals surface area (Å²) in [7, 11) is 0. The molecule has 1 aliphatic carbocycles. The van der Waals surface area contributed by atoms with Gasteiger partial charge in [0.05, 0.1) is 12.0 Å². The molecule has 2 aliphatic rings. The van der Waals surface area contributed by atoms with Crippen LogP contribution >= 0.6 is 0 Å². The molecule has 2 aromatic carbocycles. The minimum atomic E-state index is -0.415. The van der Waals surface area contributed by atoms with Gasteiger partial charge in [-0.05, 0) is 23.3 Å². The molecule has 2 fully saturated rings. The standard InChI is InChI=1S/C22H20O5/c23-11-10-17-18-12-21(24)26-20(18)13-19(17)27-22(25)16-8-6-15(7-9-16)14-4-2-1-3-5-14/h1-9,11,17-20H,10,12-13H2/t17-,18-,19-,20+/m1/s1. The molecule has 27 heavy (non-hydrogen) atoms. The van der Waals surface area contributed by atoms with Gasteiger partial charge in [-0.2, -0.15) is 0 Å². The number of esters is 2. The summed E-state index contributed by atoms with van der Waals surface area (Å²) in [5.74, 6) is -0.851. The molecular formula is C22H20O5. The van der Waals surface area contributed by atoms with Gasteiger partial charge < -0.3 is 14.3 Å². The topological polar surface area (TPSA) is 69.7 Å². The number of benzene rings is 2. The zero-order valence-corrected chi connectivity index (χ0v) is 14.7. The molecular weight excluding hydrogens is 344 g/mol. The van der Waals surface area contributed by atoms with Crippen molar-refractivity contribution in [2.75, 3.05) is 0 Å². The van der Waals surface area contributed by atoms with E-state index in [1.54, 1.807) is 12.1 Å². The van der Waals surface area contributed by atoms with Crippen molar-refractivity contribution in [1.29, 1.82) is 0 Å². The predicted octanol–water partition coefficient (Wildman–Crippen LogP) is 3.42. The summed E-state index contributed by atoms with van der Waals surface area (Å²) in [5.41, 5.74) is 2.57. The van der Waals surface area contributed by atoms with E-state index in [-0.39, 0.29) is 30.3 Å². The summed E-state index contributed by atoms with van der Waals surface area (Å²) in [6.45, 7) is 0. The summed E-state index contributed by atoms with van der Waals surface area (Å²) in [6, 6.07) is 17.2. The number of aldehydes is 1. The first kappa shape index (κ1) is 17.5. The highest BCUT2D eigenvalue weighted by Gasteiger charge is 2.51. The highest BCUT2D eigenvalue weighted by atomic mass is 16.6. The molecule has 1 heterocycles. The van der Waals surface area contributed by atoms with Crippen LogP contribution in [0.5, 0.6) is 0 Å². The third kappa shape index (κ3) is 3.50. The minimum absolute atomic E-state index is 0.0408. The molecule has 0 amide bonds. The van der Waals surface area contributed by atoms with Gasteiger partial charge in [0.1, 0.15) is 18.5 Å². The van der Waals surface area contributed by atoms with E-state index in [1.807, 2.05) is 42.5 Å².